The fourth-order valence-corrected chi connectivity index (χ4v) is 2.13. The van der Waals surface area contributed by atoms with E-state index >= 15 is 0 Å². The quantitative estimate of drug-likeness (QED) is 0.891. The molecule has 0 aliphatic heterocycles. The maximum absolute atomic E-state index is 10.3. The summed E-state index contributed by atoms with van der Waals surface area (Å²) in [7, 11) is 0. The fraction of sp³-hybridized carbons (Fsp3) is 0.312. The lowest BCUT2D eigenvalue weighted by molar-refractivity contribution is 0.117. The Labute approximate surface area is 108 Å². The van der Waals surface area contributed by atoms with Crippen LogP contribution >= 0.6 is 0 Å². The average Bonchev–Trinajstić information content (AvgIpc) is 2.41. The Morgan fingerprint density at radius 3 is 2.50 bits per heavy atom. The van der Waals surface area contributed by atoms with E-state index in [2.05, 4.69) is 24.9 Å². The second kappa shape index (κ2) is 5.78. The molecule has 0 saturated carbocycles. The number of rotatable bonds is 4. The van der Waals surface area contributed by atoms with Gasteiger partial charge < -0.3 is 5.11 Å². The molecule has 0 saturated heterocycles. The van der Waals surface area contributed by atoms with Crippen molar-refractivity contribution in [2.24, 2.45) is 5.92 Å². The van der Waals surface area contributed by atoms with Gasteiger partial charge in [-0.15, -0.1) is 0 Å². The first-order valence-electron chi connectivity index (χ1n) is 6.32. The van der Waals surface area contributed by atoms with Crippen LogP contribution in [-0.4, -0.2) is 10.1 Å². The van der Waals surface area contributed by atoms with Crippen molar-refractivity contribution in [2.45, 2.75) is 26.4 Å². The van der Waals surface area contributed by atoms with E-state index in [0.29, 0.717) is 0 Å². The Balaban J connectivity index is 2.09. The van der Waals surface area contributed by atoms with Crippen LogP contribution in [0.4, 0.5) is 0 Å². The SMILES string of the molecule is Cc1cccnc1CC(C)C(O)c1ccccc1. The minimum absolute atomic E-state index is 0.154. The van der Waals surface area contributed by atoms with Crippen molar-refractivity contribution in [1.82, 2.24) is 4.98 Å². The predicted molar refractivity (Wildman–Crippen MR) is 73.2 cm³/mol. The van der Waals surface area contributed by atoms with E-state index in [1.165, 1.54) is 5.56 Å². The summed E-state index contributed by atoms with van der Waals surface area (Å²) in [5, 5.41) is 10.3. The van der Waals surface area contributed by atoms with Gasteiger partial charge in [0.05, 0.1) is 6.10 Å². The standard InChI is InChI=1S/C16H19NO/c1-12-7-6-10-17-15(12)11-13(2)16(18)14-8-4-3-5-9-14/h3-10,13,16,18H,11H2,1-2H3. The summed E-state index contributed by atoms with van der Waals surface area (Å²) in [6.45, 7) is 4.12. The summed E-state index contributed by atoms with van der Waals surface area (Å²) in [4.78, 5) is 4.38. The Morgan fingerprint density at radius 1 is 1.11 bits per heavy atom. The molecule has 18 heavy (non-hydrogen) atoms. The minimum atomic E-state index is -0.437. The monoisotopic (exact) mass is 241 g/mol. The molecule has 1 heterocycles. The number of hydrogen-bond acceptors (Lipinski definition) is 2. The van der Waals surface area contributed by atoms with Crippen molar-refractivity contribution >= 4 is 0 Å². The molecule has 0 spiro atoms. The summed E-state index contributed by atoms with van der Waals surface area (Å²) in [6.07, 6.45) is 2.17. The van der Waals surface area contributed by atoms with E-state index < -0.39 is 6.10 Å². The van der Waals surface area contributed by atoms with Crippen molar-refractivity contribution < 1.29 is 5.11 Å². The zero-order valence-corrected chi connectivity index (χ0v) is 10.9. The third kappa shape index (κ3) is 2.96. The molecule has 0 aliphatic rings. The van der Waals surface area contributed by atoms with Crippen molar-refractivity contribution in [2.75, 3.05) is 0 Å². The minimum Gasteiger partial charge on any atom is -0.388 e. The number of pyridine rings is 1. The van der Waals surface area contributed by atoms with Crippen LogP contribution in [0.2, 0.25) is 0 Å². The van der Waals surface area contributed by atoms with Gasteiger partial charge in [-0.05, 0) is 36.5 Å². The van der Waals surface area contributed by atoms with E-state index in [0.717, 1.165) is 17.7 Å². The lowest BCUT2D eigenvalue weighted by Crippen LogP contribution is -2.13. The summed E-state index contributed by atoms with van der Waals surface area (Å²) < 4.78 is 0. The predicted octanol–water partition coefficient (Wildman–Crippen LogP) is 3.30. The number of aryl methyl sites for hydroxylation is 1. The molecule has 2 atom stereocenters. The molecule has 2 rings (SSSR count). The van der Waals surface area contributed by atoms with Crippen LogP contribution in [0.15, 0.2) is 48.7 Å². The highest BCUT2D eigenvalue weighted by Gasteiger charge is 2.17. The third-order valence-electron chi connectivity index (χ3n) is 3.31. The number of aromatic nitrogens is 1. The Kier molecular flexibility index (Phi) is 4.11. The Bertz CT molecular complexity index is 495. The fourth-order valence-electron chi connectivity index (χ4n) is 2.13. The molecule has 0 aliphatic carbocycles. The topological polar surface area (TPSA) is 33.1 Å². The molecule has 0 bridgehead atoms. The molecule has 2 unspecified atom stereocenters. The zero-order chi connectivity index (χ0) is 13.0. The Morgan fingerprint density at radius 2 is 1.83 bits per heavy atom. The highest BCUT2D eigenvalue weighted by molar-refractivity contribution is 5.21. The lowest BCUT2D eigenvalue weighted by atomic mass is 9.92. The molecule has 1 aromatic carbocycles. The molecular formula is C16H19NO. The molecule has 1 N–H and O–H groups in total. The lowest BCUT2D eigenvalue weighted by Gasteiger charge is -2.19. The smallest absolute Gasteiger partial charge is 0.0819 e. The highest BCUT2D eigenvalue weighted by atomic mass is 16.3. The largest absolute Gasteiger partial charge is 0.388 e. The first-order chi connectivity index (χ1) is 8.68. The van der Waals surface area contributed by atoms with Gasteiger partial charge in [0.15, 0.2) is 0 Å². The van der Waals surface area contributed by atoms with Crippen molar-refractivity contribution in [3.05, 3.63) is 65.5 Å². The molecule has 2 nitrogen and oxygen atoms in total. The van der Waals surface area contributed by atoms with Gasteiger partial charge in [0.1, 0.15) is 0 Å². The molecule has 2 heteroatoms. The molecule has 94 valence electrons. The first kappa shape index (κ1) is 12.8. The van der Waals surface area contributed by atoms with Crippen LogP contribution < -0.4 is 0 Å². The van der Waals surface area contributed by atoms with Gasteiger partial charge >= 0.3 is 0 Å². The van der Waals surface area contributed by atoms with Crippen LogP contribution in [0, 0.1) is 12.8 Å². The number of benzene rings is 1. The molecular weight excluding hydrogens is 222 g/mol. The maximum Gasteiger partial charge on any atom is 0.0819 e. The number of hydrogen-bond donors (Lipinski definition) is 1. The summed E-state index contributed by atoms with van der Waals surface area (Å²) >= 11 is 0. The van der Waals surface area contributed by atoms with Gasteiger partial charge in [-0.2, -0.15) is 0 Å². The van der Waals surface area contributed by atoms with E-state index in [1.807, 2.05) is 42.6 Å². The van der Waals surface area contributed by atoms with Crippen molar-refractivity contribution in [3.63, 3.8) is 0 Å². The van der Waals surface area contributed by atoms with Crippen LogP contribution in [-0.2, 0) is 6.42 Å². The van der Waals surface area contributed by atoms with Crippen molar-refractivity contribution in [3.8, 4) is 0 Å². The van der Waals surface area contributed by atoms with E-state index in [4.69, 9.17) is 0 Å². The first-order valence-corrected chi connectivity index (χ1v) is 6.32. The van der Waals surface area contributed by atoms with Crippen LogP contribution in [0.3, 0.4) is 0 Å². The summed E-state index contributed by atoms with van der Waals surface area (Å²) in [5.74, 6) is 0.154. The highest BCUT2D eigenvalue weighted by Crippen LogP contribution is 2.24. The maximum atomic E-state index is 10.3. The van der Waals surface area contributed by atoms with Gasteiger partial charge in [0.25, 0.3) is 0 Å². The number of nitrogens with zero attached hydrogens (tertiary/aromatic N) is 1. The van der Waals surface area contributed by atoms with Gasteiger partial charge in [-0.3, -0.25) is 4.98 Å². The zero-order valence-electron chi connectivity index (χ0n) is 10.9. The van der Waals surface area contributed by atoms with Crippen LogP contribution in [0.25, 0.3) is 0 Å². The van der Waals surface area contributed by atoms with Crippen molar-refractivity contribution in [1.29, 1.82) is 0 Å². The van der Waals surface area contributed by atoms with Crippen LogP contribution in [0.1, 0.15) is 29.8 Å². The second-order valence-corrected chi connectivity index (χ2v) is 4.80. The molecule has 2 aromatic rings. The van der Waals surface area contributed by atoms with E-state index in [9.17, 15) is 5.11 Å². The molecule has 1 aromatic heterocycles. The third-order valence-corrected chi connectivity index (χ3v) is 3.31. The average molecular weight is 241 g/mol. The second-order valence-electron chi connectivity index (χ2n) is 4.80. The number of aliphatic hydroxyl groups is 1. The normalized spacial score (nSPS) is 14.2. The van der Waals surface area contributed by atoms with Gasteiger partial charge in [-0.1, -0.05) is 43.3 Å². The summed E-state index contributed by atoms with van der Waals surface area (Å²) in [6, 6.07) is 13.8. The van der Waals surface area contributed by atoms with E-state index in [1.54, 1.807) is 0 Å². The van der Waals surface area contributed by atoms with E-state index in [-0.39, 0.29) is 5.92 Å². The van der Waals surface area contributed by atoms with Gasteiger partial charge in [0.2, 0.25) is 0 Å². The van der Waals surface area contributed by atoms with Gasteiger partial charge in [-0.25, -0.2) is 0 Å². The Hall–Kier alpha value is -1.67. The number of aliphatic hydroxyl groups excluding tert-OH is 1. The van der Waals surface area contributed by atoms with Crippen LogP contribution in [0.5, 0.6) is 0 Å². The van der Waals surface area contributed by atoms with Gasteiger partial charge in [0, 0.05) is 11.9 Å². The molecule has 0 fully saturated rings. The molecule has 0 amide bonds. The summed E-state index contributed by atoms with van der Waals surface area (Å²) in [5.41, 5.74) is 3.23. The molecule has 0 radical (unpaired) electrons.